The summed E-state index contributed by atoms with van der Waals surface area (Å²) in [6, 6.07) is 3.62. The second-order valence-electron chi connectivity index (χ2n) is 5.41. The standard InChI is InChI=1S/C15H15ClN4O2S/c1-19(2)5-6-23-15-11(16)7-10-9-3-4-17-8-12(9)18-13(10)14(15)20(21)22/h3-4,7-8,18H,5-6H2,1-2H3. The van der Waals surface area contributed by atoms with Gasteiger partial charge in [0.2, 0.25) is 0 Å². The van der Waals surface area contributed by atoms with Crippen LogP contribution in [0, 0.1) is 10.1 Å². The molecule has 23 heavy (non-hydrogen) atoms. The van der Waals surface area contributed by atoms with Gasteiger partial charge in [0.25, 0.3) is 0 Å². The molecule has 1 N–H and O–H groups in total. The van der Waals surface area contributed by atoms with Crippen LogP contribution < -0.4 is 0 Å². The zero-order valence-electron chi connectivity index (χ0n) is 12.7. The molecule has 8 heteroatoms. The van der Waals surface area contributed by atoms with Crippen LogP contribution >= 0.6 is 23.4 Å². The van der Waals surface area contributed by atoms with Crippen LogP contribution in [0.25, 0.3) is 21.8 Å². The highest BCUT2D eigenvalue weighted by Gasteiger charge is 2.25. The lowest BCUT2D eigenvalue weighted by Crippen LogP contribution is -2.14. The van der Waals surface area contributed by atoms with Gasteiger partial charge in [0, 0.05) is 29.3 Å². The maximum absolute atomic E-state index is 11.6. The van der Waals surface area contributed by atoms with Crippen molar-refractivity contribution in [2.24, 2.45) is 0 Å². The predicted molar refractivity (Wildman–Crippen MR) is 94.5 cm³/mol. The predicted octanol–water partition coefficient (Wildman–Crippen LogP) is 3.93. The maximum atomic E-state index is 11.6. The molecule has 3 aromatic rings. The SMILES string of the molecule is CN(C)CCSc1c(Cl)cc2c([nH]c3cnccc32)c1[N+](=O)[O-]. The van der Waals surface area contributed by atoms with Crippen LogP contribution in [-0.2, 0) is 0 Å². The highest BCUT2D eigenvalue weighted by atomic mass is 35.5. The molecule has 2 aromatic heterocycles. The molecule has 0 saturated carbocycles. The van der Waals surface area contributed by atoms with Crippen molar-refractivity contribution >= 4 is 50.9 Å². The lowest BCUT2D eigenvalue weighted by Gasteiger charge is -2.10. The third-order valence-electron chi connectivity index (χ3n) is 3.55. The zero-order chi connectivity index (χ0) is 16.6. The van der Waals surface area contributed by atoms with Crippen LogP contribution in [-0.4, -0.2) is 46.2 Å². The van der Waals surface area contributed by atoms with Crippen molar-refractivity contribution in [3.63, 3.8) is 0 Å². The molecule has 0 amide bonds. The molecule has 0 aliphatic rings. The Morgan fingerprint density at radius 2 is 2.22 bits per heavy atom. The zero-order valence-corrected chi connectivity index (χ0v) is 14.2. The first-order valence-electron chi connectivity index (χ1n) is 6.99. The Bertz CT molecular complexity index is 894. The summed E-state index contributed by atoms with van der Waals surface area (Å²) in [6.45, 7) is 0.812. The van der Waals surface area contributed by atoms with Crippen molar-refractivity contribution in [3.05, 3.63) is 39.7 Å². The molecular formula is C15H15ClN4O2S. The molecule has 0 unspecified atom stereocenters. The van der Waals surface area contributed by atoms with Crippen LogP contribution in [0.5, 0.6) is 0 Å². The molecule has 2 heterocycles. The van der Waals surface area contributed by atoms with E-state index in [1.165, 1.54) is 11.8 Å². The highest BCUT2D eigenvalue weighted by molar-refractivity contribution is 7.99. The number of nitro groups is 1. The Hall–Kier alpha value is -1.83. The lowest BCUT2D eigenvalue weighted by atomic mass is 10.1. The summed E-state index contributed by atoms with van der Waals surface area (Å²) < 4.78 is 0. The number of aromatic nitrogens is 2. The monoisotopic (exact) mass is 350 g/mol. The summed E-state index contributed by atoms with van der Waals surface area (Å²) >= 11 is 7.76. The van der Waals surface area contributed by atoms with E-state index in [0.29, 0.717) is 15.4 Å². The summed E-state index contributed by atoms with van der Waals surface area (Å²) in [4.78, 5) is 21.0. The van der Waals surface area contributed by atoms with E-state index in [1.807, 2.05) is 25.1 Å². The fraction of sp³-hybridized carbons (Fsp3) is 0.267. The van der Waals surface area contributed by atoms with Gasteiger partial charge in [-0.2, -0.15) is 0 Å². The number of nitrogens with one attached hydrogen (secondary N) is 1. The van der Waals surface area contributed by atoms with Crippen molar-refractivity contribution in [1.29, 1.82) is 0 Å². The third kappa shape index (κ3) is 2.99. The van der Waals surface area contributed by atoms with E-state index in [4.69, 9.17) is 11.6 Å². The lowest BCUT2D eigenvalue weighted by molar-refractivity contribution is -0.386. The van der Waals surface area contributed by atoms with Crippen LogP contribution in [0.1, 0.15) is 0 Å². The molecule has 0 aliphatic heterocycles. The topological polar surface area (TPSA) is 75.1 Å². The second kappa shape index (κ2) is 6.35. The van der Waals surface area contributed by atoms with E-state index < -0.39 is 0 Å². The smallest absolute Gasteiger partial charge is 0.308 e. The number of nitro benzene ring substituents is 1. The number of rotatable bonds is 5. The molecule has 0 bridgehead atoms. The number of thioether (sulfide) groups is 1. The van der Waals surface area contributed by atoms with Crippen molar-refractivity contribution < 1.29 is 4.92 Å². The molecule has 0 saturated heterocycles. The molecule has 0 spiro atoms. The molecule has 6 nitrogen and oxygen atoms in total. The highest BCUT2D eigenvalue weighted by Crippen LogP contribution is 2.43. The van der Waals surface area contributed by atoms with E-state index in [2.05, 4.69) is 9.97 Å². The minimum atomic E-state index is -0.366. The number of hydrogen-bond donors (Lipinski definition) is 1. The number of nitrogens with zero attached hydrogens (tertiary/aromatic N) is 3. The van der Waals surface area contributed by atoms with Gasteiger partial charge >= 0.3 is 5.69 Å². The van der Waals surface area contributed by atoms with Crippen LogP contribution in [0.3, 0.4) is 0 Å². The summed E-state index contributed by atoms with van der Waals surface area (Å²) in [5.74, 6) is 0.723. The Kier molecular flexibility index (Phi) is 4.43. The van der Waals surface area contributed by atoms with Gasteiger partial charge in [-0.25, -0.2) is 0 Å². The van der Waals surface area contributed by atoms with E-state index in [9.17, 15) is 10.1 Å². The first-order valence-corrected chi connectivity index (χ1v) is 8.35. The third-order valence-corrected chi connectivity index (χ3v) is 5.05. The average Bonchev–Trinajstić information content (AvgIpc) is 2.85. The molecule has 0 radical (unpaired) electrons. The molecular weight excluding hydrogens is 336 g/mol. The largest absolute Gasteiger partial charge is 0.348 e. The van der Waals surface area contributed by atoms with Crippen molar-refractivity contribution in [2.45, 2.75) is 4.90 Å². The van der Waals surface area contributed by atoms with Crippen molar-refractivity contribution in [2.75, 3.05) is 26.4 Å². The quantitative estimate of drug-likeness (QED) is 0.428. The normalized spacial score (nSPS) is 11.7. The number of pyridine rings is 1. The Labute approximate surface area is 142 Å². The van der Waals surface area contributed by atoms with Crippen LogP contribution in [0.2, 0.25) is 5.02 Å². The van der Waals surface area contributed by atoms with Gasteiger partial charge in [0.05, 0.1) is 21.7 Å². The number of halogens is 1. The second-order valence-corrected chi connectivity index (χ2v) is 6.93. The Morgan fingerprint density at radius 3 is 2.91 bits per heavy atom. The fourth-order valence-electron chi connectivity index (χ4n) is 2.46. The molecule has 0 aliphatic carbocycles. The summed E-state index contributed by atoms with van der Waals surface area (Å²) in [7, 11) is 3.93. The van der Waals surface area contributed by atoms with E-state index >= 15 is 0 Å². The Morgan fingerprint density at radius 1 is 1.43 bits per heavy atom. The molecule has 120 valence electrons. The summed E-state index contributed by atoms with van der Waals surface area (Å²) in [5, 5.41) is 13.7. The maximum Gasteiger partial charge on any atom is 0.308 e. The van der Waals surface area contributed by atoms with Gasteiger partial charge in [0.1, 0.15) is 10.4 Å². The van der Waals surface area contributed by atoms with Gasteiger partial charge in [0.15, 0.2) is 0 Å². The van der Waals surface area contributed by atoms with Gasteiger partial charge in [-0.3, -0.25) is 15.1 Å². The van der Waals surface area contributed by atoms with Gasteiger partial charge in [-0.05, 0) is 26.2 Å². The van der Waals surface area contributed by atoms with E-state index in [-0.39, 0.29) is 10.6 Å². The molecule has 1 aromatic carbocycles. The van der Waals surface area contributed by atoms with Crippen molar-refractivity contribution in [3.8, 4) is 0 Å². The molecule has 3 rings (SSSR count). The van der Waals surface area contributed by atoms with Crippen molar-refractivity contribution in [1.82, 2.24) is 14.9 Å². The first kappa shape index (κ1) is 16.0. The van der Waals surface area contributed by atoms with Crippen LogP contribution in [0.4, 0.5) is 5.69 Å². The molecule has 0 fully saturated rings. The van der Waals surface area contributed by atoms with E-state index in [1.54, 1.807) is 18.5 Å². The molecule has 0 atom stereocenters. The minimum absolute atomic E-state index is 0.0347. The average molecular weight is 351 g/mol. The Balaban J connectivity index is 2.19. The number of H-pyrrole nitrogens is 1. The van der Waals surface area contributed by atoms with Crippen LogP contribution in [0.15, 0.2) is 29.4 Å². The van der Waals surface area contributed by atoms with Gasteiger partial charge in [-0.15, -0.1) is 11.8 Å². The number of hydrogen-bond acceptors (Lipinski definition) is 5. The first-order chi connectivity index (χ1) is 11.0. The number of aromatic amines is 1. The number of benzene rings is 1. The van der Waals surface area contributed by atoms with Gasteiger partial charge < -0.3 is 9.88 Å². The summed E-state index contributed by atoms with van der Waals surface area (Å²) in [5.41, 5.74) is 1.29. The van der Waals surface area contributed by atoms with Gasteiger partial charge in [-0.1, -0.05) is 11.6 Å². The minimum Gasteiger partial charge on any atom is -0.348 e. The van der Waals surface area contributed by atoms with E-state index in [0.717, 1.165) is 28.6 Å². The summed E-state index contributed by atoms with van der Waals surface area (Å²) in [6.07, 6.45) is 3.32. The number of fused-ring (bicyclic) bond motifs is 3. The fourth-order valence-corrected chi connectivity index (χ4v) is 4.00.